The molecule has 0 spiro atoms. The SMILES string of the molecule is O=C1OC(c2ccc3ccccc3c2)=N/C1=C\c1cccc(OCc2ccc(Cl)cc2)c1. The van der Waals surface area contributed by atoms with E-state index in [-0.39, 0.29) is 5.70 Å². The van der Waals surface area contributed by atoms with Crippen LogP contribution < -0.4 is 4.74 Å². The van der Waals surface area contributed by atoms with E-state index in [1.807, 2.05) is 91.0 Å². The molecule has 5 rings (SSSR count). The molecule has 1 heterocycles. The highest BCUT2D eigenvalue weighted by atomic mass is 35.5. The van der Waals surface area contributed by atoms with Crippen molar-refractivity contribution in [2.45, 2.75) is 6.61 Å². The Hall–Kier alpha value is -3.89. The molecule has 1 aliphatic heterocycles. The van der Waals surface area contributed by atoms with Gasteiger partial charge in [-0.2, -0.15) is 0 Å². The fourth-order valence-corrected chi connectivity index (χ4v) is 3.58. The van der Waals surface area contributed by atoms with E-state index in [4.69, 9.17) is 21.1 Å². The third-order valence-electron chi connectivity index (χ3n) is 5.10. The van der Waals surface area contributed by atoms with Gasteiger partial charge in [-0.25, -0.2) is 9.79 Å². The van der Waals surface area contributed by atoms with Crippen LogP contribution in [-0.4, -0.2) is 11.9 Å². The van der Waals surface area contributed by atoms with Crippen LogP contribution in [-0.2, 0) is 16.1 Å². The second kappa shape index (κ2) is 8.69. The fraction of sp³-hybridized carbons (Fsp3) is 0.0370. The fourth-order valence-electron chi connectivity index (χ4n) is 3.45. The van der Waals surface area contributed by atoms with Crippen molar-refractivity contribution in [1.29, 1.82) is 0 Å². The summed E-state index contributed by atoms with van der Waals surface area (Å²) < 4.78 is 11.3. The lowest BCUT2D eigenvalue weighted by Crippen LogP contribution is -2.05. The summed E-state index contributed by atoms with van der Waals surface area (Å²) in [7, 11) is 0. The van der Waals surface area contributed by atoms with Crippen molar-refractivity contribution >= 4 is 40.3 Å². The largest absolute Gasteiger partial charge is 0.489 e. The first-order chi connectivity index (χ1) is 15.6. The summed E-state index contributed by atoms with van der Waals surface area (Å²) in [5, 5.41) is 2.87. The molecule has 0 atom stereocenters. The van der Waals surface area contributed by atoms with Crippen LogP contribution in [0.2, 0.25) is 5.02 Å². The first kappa shape index (κ1) is 20.0. The van der Waals surface area contributed by atoms with Crippen molar-refractivity contribution in [2.75, 3.05) is 0 Å². The van der Waals surface area contributed by atoms with E-state index >= 15 is 0 Å². The van der Waals surface area contributed by atoms with E-state index < -0.39 is 5.97 Å². The number of hydrogen-bond acceptors (Lipinski definition) is 4. The normalized spacial score (nSPS) is 14.5. The first-order valence-electron chi connectivity index (χ1n) is 10.1. The van der Waals surface area contributed by atoms with Crippen molar-refractivity contribution in [3.63, 3.8) is 0 Å². The molecule has 0 saturated carbocycles. The van der Waals surface area contributed by atoms with E-state index in [1.165, 1.54) is 0 Å². The Labute approximate surface area is 190 Å². The third kappa shape index (κ3) is 4.41. The molecule has 5 heteroatoms. The highest BCUT2D eigenvalue weighted by Gasteiger charge is 2.24. The zero-order valence-corrected chi connectivity index (χ0v) is 17.8. The maximum absolute atomic E-state index is 12.4. The van der Waals surface area contributed by atoms with Gasteiger partial charge in [-0.3, -0.25) is 0 Å². The van der Waals surface area contributed by atoms with Gasteiger partial charge < -0.3 is 9.47 Å². The minimum Gasteiger partial charge on any atom is -0.489 e. The standard InChI is InChI=1S/C27H18ClNO3/c28-23-12-8-18(9-13-23)17-31-24-7-3-4-19(14-24)15-25-27(30)32-26(29-25)22-11-10-20-5-1-2-6-21(20)16-22/h1-16H,17H2/b25-15-. The molecule has 156 valence electrons. The zero-order valence-electron chi connectivity index (χ0n) is 17.0. The van der Waals surface area contributed by atoms with Crippen LogP contribution in [0.3, 0.4) is 0 Å². The van der Waals surface area contributed by atoms with Crippen LogP contribution in [0.25, 0.3) is 16.8 Å². The van der Waals surface area contributed by atoms with Crippen molar-refractivity contribution < 1.29 is 14.3 Å². The molecule has 1 aliphatic rings. The summed E-state index contributed by atoms with van der Waals surface area (Å²) in [6.07, 6.45) is 1.70. The van der Waals surface area contributed by atoms with Crippen LogP contribution in [0.4, 0.5) is 0 Å². The Morgan fingerprint density at radius 3 is 2.53 bits per heavy atom. The second-order valence-corrected chi connectivity index (χ2v) is 7.82. The van der Waals surface area contributed by atoms with Gasteiger partial charge >= 0.3 is 5.97 Å². The zero-order chi connectivity index (χ0) is 21.9. The number of hydrogen-bond donors (Lipinski definition) is 0. The number of carbonyl (C=O) groups excluding carboxylic acids is 1. The third-order valence-corrected chi connectivity index (χ3v) is 5.35. The van der Waals surface area contributed by atoms with Crippen molar-refractivity contribution in [1.82, 2.24) is 0 Å². The quantitative estimate of drug-likeness (QED) is 0.266. The van der Waals surface area contributed by atoms with Gasteiger partial charge in [0.2, 0.25) is 5.90 Å². The molecule has 0 fully saturated rings. The first-order valence-corrected chi connectivity index (χ1v) is 10.5. The number of carbonyl (C=O) groups is 1. The molecular formula is C27H18ClNO3. The van der Waals surface area contributed by atoms with Gasteiger partial charge in [-0.15, -0.1) is 0 Å². The Kier molecular flexibility index (Phi) is 5.44. The van der Waals surface area contributed by atoms with Gasteiger partial charge in [0.15, 0.2) is 5.70 Å². The highest BCUT2D eigenvalue weighted by molar-refractivity contribution is 6.30. The molecule has 0 N–H and O–H groups in total. The lowest BCUT2D eigenvalue weighted by atomic mass is 10.1. The molecule has 0 aromatic heterocycles. The number of cyclic esters (lactones) is 1. The molecule has 0 aliphatic carbocycles. The molecule has 32 heavy (non-hydrogen) atoms. The van der Waals surface area contributed by atoms with Crippen LogP contribution in [0.15, 0.2) is 102 Å². The van der Waals surface area contributed by atoms with Crippen LogP contribution in [0.1, 0.15) is 16.7 Å². The maximum Gasteiger partial charge on any atom is 0.363 e. The Morgan fingerprint density at radius 2 is 1.69 bits per heavy atom. The average molecular weight is 440 g/mol. The van der Waals surface area contributed by atoms with Crippen LogP contribution >= 0.6 is 11.6 Å². The molecule has 0 amide bonds. The topological polar surface area (TPSA) is 47.9 Å². The van der Waals surface area contributed by atoms with Gasteiger partial charge in [0.05, 0.1) is 0 Å². The van der Waals surface area contributed by atoms with Crippen molar-refractivity contribution in [3.05, 3.63) is 118 Å². The van der Waals surface area contributed by atoms with E-state index in [0.29, 0.717) is 23.3 Å². The van der Waals surface area contributed by atoms with Crippen molar-refractivity contribution in [3.8, 4) is 5.75 Å². The van der Waals surface area contributed by atoms with Gasteiger partial charge in [0.1, 0.15) is 12.4 Å². The van der Waals surface area contributed by atoms with Crippen LogP contribution in [0.5, 0.6) is 5.75 Å². The maximum atomic E-state index is 12.4. The summed E-state index contributed by atoms with van der Waals surface area (Å²) in [5.41, 5.74) is 2.83. The average Bonchev–Trinajstić information content (AvgIpc) is 3.18. The molecule has 4 aromatic rings. The second-order valence-electron chi connectivity index (χ2n) is 7.39. The highest BCUT2D eigenvalue weighted by Crippen LogP contribution is 2.24. The van der Waals surface area contributed by atoms with E-state index in [2.05, 4.69) is 4.99 Å². The molecule has 0 radical (unpaired) electrons. The van der Waals surface area contributed by atoms with E-state index in [1.54, 1.807) is 6.08 Å². The summed E-state index contributed by atoms with van der Waals surface area (Å²) in [6, 6.07) is 28.9. The molecule has 0 unspecified atom stereocenters. The number of rotatable bonds is 5. The number of ether oxygens (including phenoxy) is 2. The van der Waals surface area contributed by atoms with Crippen molar-refractivity contribution in [2.24, 2.45) is 4.99 Å². The number of benzene rings is 4. The molecule has 0 bridgehead atoms. The lowest BCUT2D eigenvalue weighted by molar-refractivity contribution is -0.129. The summed E-state index contributed by atoms with van der Waals surface area (Å²) in [5.74, 6) is 0.530. The predicted molar refractivity (Wildman–Crippen MR) is 127 cm³/mol. The monoisotopic (exact) mass is 439 g/mol. The van der Waals surface area contributed by atoms with Crippen LogP contribution in [0, 0.1) is 0 Å². The molecule has 4 nitrogen and oxygen atoms in total. The van der Waals surface area contributed by atoms with E-state index in [0.717, 1.165) is 27.5 Å². The molecule has 0 saturated heterocycles. The summed E-state index contributed by atoms with van der Waals surface area (Å²) >= 11 is 5.92. The summed E-state index contributed by atoms with van der Waals surface area (Å²) in [4.78, 5) is 16.8. The number of fused-ring (bicyclic) bond motifs is 1. The van der Waals surface area contributed by atoms with Gasteiger partial charge in [0.25, 0.3) is 0 Å². The number of aliphatic imine (C=N–C) groups is 1. The Morgan fingerprint density at radius 1 is 0.875 bits per heavy atom. The Bertz CT molecular complexity index is 1370. The lowest BCUT2D eigenvalue weighted by Gasteiger charge is -2.07. The minimum atomic E-state index is -0.472. The van der Waals surface area contributed by atoms with E-state index in [9.17, 15) is 4.79 Å². The smallest absolute Gasteiger partial charge is 0.363 e. The van der Waals surface area contributed by atoms with Gasteiger partial charge in [0, 0.05) is 10.6 Å². The predicted octanol–water partition coefficient (Wildman–Crippen LogP) is 6.42. The Balaban J connectivity index is 1.35. The minimum absolute atomic E-state index is 0.253. The molecular weight excluding hydrogens is 422 g/mol. The van der Waals surface area contributed by atoms with Gasteiger partial charge in [-0.05, 0) is 64.4 Å². The number of nitrogens with zero attached hydrogens (tertiary/aromatic N) is 1. The summed E-state index contributed by atoms with van der Waals surface area (Å²) in [6.45, 7) is 0.420. The molecule has 4 aromatic carbocycles. The number of halogens is 1. The number of esters is 1. The van der Waals surface area contributed by atoms with Gasteiger partial charge in [-0.1, -0.05) is 66.2 Å².